The maximum atomic E-state index is 12.9. The molecule has 7 rings (SSSR count). The van der Waals surface area contributed by atoms with Crippen LogP contribution in [0.15, 0.2) is 157 Å². The molecule has 1 unspecified atom stereocenters. The second-order valence-corrected chi connectivity index (χ2v) is 22.6. The smallest absolute Gasteiger partial charge is 0.303 e. The Hall–Kier alpha value is -5.75. The molecule has 5 aromatic rings. The van der Waals surface area contributed by atoms with E-state index in [1.807, 2.05) is 127 Å². The number of benzene rings is 5. The van der Waals surface area contributed by atoms with Crippen molar-refractivity contribution in [3.63, 3.8) is 0 Å². The topological polar surface area (TPSA) is 175 Å². The number of hydrogen-bond acceptors (Lipinski definition) is 13. The van der Waals surface area contributed by atoms with Gasteiger partial charge in [-0.2, -0.15) is 0 Å². The van der Waals surface area contributed by atoms with Crippen molar-refractivity contribution in [2.45, 2.75) is 121 Å². The quantitative estimate of drug-likeness (QED) is 0.0228. The van der Waals surface area contributed by atoms with E-state index in [2.05, 4.69) is 55.1 Å². The van der Waals surface area contributed by atoms with Gasteiger partial charge < -0.3 is 47.1 Å². The zero-order valence-corrected chi connectivity index (χ0v) is 41.5. The zero-order valence-electron chi connectivity index (χ0n) is 40.5. The lowest BCUT2D eigenvalue weighted by Gasteiger charge is -2.48. The van der Waals surface area contributed by atoms with Crippen LogP contribution in [0.3, 0.4) is 0 Å². The van der Waals surface area contributed by atoms with Gasteiger partial charge in [0.05, 0.1) is 33.0 Å². The van der Waals surface area contributed by atoms with Crippen molar-refractivity contribution in [1.82, 2.24) is 0 Å². The molecule has 2 aliphatic rings. The molecule has 2 saturated heterocycles. The molecule has 2 aliphatic heterocycles. The third kappa shape index (κ3) is 13.0. The van der Waals surface area contributed by atoms with Crippen LogP contribution >= 0.6 is 0 Å². The highest BCUT2D eigenvalue weighted by Gasteiger charge is 2.55. The Morgan fingerprint density at radius 2 is 0.971 bits per heavy atom. The predicted molar refractivity (Wildman–Crippen MR) is 263 cm³/mol. The average molecular weight is 974 g/mol. The lowest BCUT2D eigenvalue weighted by atomic mass is 9.96. The Bertz CT molecular complexity index is 2390. The van der Waals surface area contributed by atoms with E-state index in [-0.39, 0.29) is 33.0 Å². The first-order valence-corrected chi connectivity index (χ1v) is 25.4. The predicted octanol–water partition coefficient (Wildman–Crippen LogP) is 7.97. The third-order valence-electron chi connectivity index (χ3n) is 12.4. The summed E-state index contributed by atoms with van der Waals surface area (Å²) in [7, 11) is -1.69. The fourth-order valence-corrected chi connectivity index (χ4v) is 13.8. The first-order valence-electron chi connectivity index (χ1n) is 23.5. The zero-order chi connectivity index (χ0) is 49.5. The van der Waals surface area contributed by atoms with Gasteiger partial charge in [0.1, 0.15) is 36.6 Å². The van der Waals surface area contributed by atoms with Crippen LogP contribution in [0.2, 0.25) is 5.04 Å². The van der Waals surface area contributed by atoms with Gasteiger partial charge in [0.25, 0.3) is 8.32 Å². The Kier molecular flexibility index (Phi) is 18.5. The number of azide groups is 1. The number of carbonyl (C=O) groups is 2. The van der Waals surface area contributed by atoms with E-state index in [1.54, 1.807) is 0 Å². The summed E-state index contributed by atoms with van der Waals surface area (Å²) in [6, 6.07) is 47.9. The van der Waals surface area contributed by atoms with Crippen molar-refractivity contribution in [1.29, 1.82) is 0 Å². The van der Waals surface area contributed by atoms with Crippen molar-refractivity contribution in [2.24, 2.45) is 5.11 Å². The number of carbonyl (C=O) groups excluding carboxylic acids is 2. The van der Waals surface area contributed by atoms with E-state index < -0.39 is 86.6 Å². The van der Waals surface area contributed by atoms with Gasteiger partial charge in [0, 0.05) is 25.9 Å². The summed E-state index contributed by atoms with van der Waals surface area (Å²) < 4.78 is 65.5. The summed E-state index contributed by atoms with van der Waals surface area (Å²) >= 11 is 0. The van der Waals surface area contributed by atoms with Crippen molar-refractivity contribution in [2.75, 3.05) is 20.3 Å². The Labute approximate surface area is 411 Å². The van der Waals surface area contributed by atoms with Crippen LogP contribution in [-0.4, -0.2) is 102 Å². The van der Waals surface area contributed by atoms with Crippen LogP contribution in [0.5, 0.6) is 0 Å². The van der Waals surface area contributed by atoms with Gasteiger partial charge in [-0.15, -0.1) is 0 Å². The molecular formula is C54H63N3O12Si. The molecule has 0 aromatic heterocycles. The molecule has 0 saturated carbocycles. The van der Waals surface area contributed by atoms with E-state index >= 15 is 0 Å². The Morgan fingerprint density at radius 1 is 0.557 bits per heavy atom. The fraction of sp³-hybridized carbons (Fsp3) is 0.407. The first-order chi connectivity index (χ1) is 33.9. The summed E-state index contributed by atoms with van der Waals surface area (Å²) in [5, 5.41) is 5.63. The van der Waals surface area contributed by atoms with E-state index in [9.17, 15) is 15.1 Å². The molecular weight excluding hydrogens is 911 g/mol. The lowest BCUT2D eigenvalue weighted by Crippen LogP contribution is -2.68. The third-order valence-corrected chi connectivity index (χ3v) is 17.4. The van der Waals surface area contributed by atoms with Crippen molar-refractivity contribution in [3.8, 4) is 0 Å². The second kappa shape index (κ2) is 24.9. The molecule has 0 aliphatic carbocycles. The molecule has 370 valence electrons. The van der Waals surface area contributed by atoms with Gasteiger partial charge >= 0.3 is 11.9 Å². The minimum Gasteiger partial charge on any atom is -0.458 e. The molecule has 15 nitrogen and oxygen atoms in total. The number of ether oxygens (including phenoxy) is 9. The second-order valence-electron chi connectivity index (χ2n) is 18.3. The highest BCUT2D eigenvalue weighted by atomic mass is 28.4. The Balaban J connectivity index is 1.24. The molecule has 70 heavy (non-hydrogen) atoms. The van der Waals surface area contributed by atoms with Gasteiger partial charge in [-0.25, -0.2) is 0 Å². The fourth-order valence-electron chi connectivity index (χ4n) is 9.23. The van der Waals surface area contributed by atoms with E-state index in [0.29, 0.717) is 0 Å². The molecule has 16 heteroatoms. The van der Waals surface area contributed by atoms with E-state index in [1.165, 1.54) is 21.0 Å². The number of nitrogens with zero attached hydrogens (tertiary/aromatic N) is 3. The van der Waals surface area contributed by atoms with E-state index in [0.717, 1.165) is 27.1 Å². The maximum Gasteiger partial charge on any atom is 0.303 e. The number of methoxy groups -OCH3 is 1. The number of hydrogen-bond donors (Lipinski definition) is 0. The van der Waals surface area contributed by atoms with Gasteiger partial charge in [0.2, 0.25) is 0 Å². The minimum atomic E-state index is -3.22. The van der Waals surface area contributed by atoms with Gasteiger partial charge in [0.15, 0.2) is 24.8 Å². The molecule has 0 radical (unpaired) electrons. The summed E-state index contributed by atoms with van der Waals surface area (Å²) in [6.45, 7) is 9.12. The normalized spacial score (nSPS) is 24.8. The highest BCUT2D eigenvalue weighted by Crippen LogP contribution is 2.39. The largest absolute Gasteiger partial charge is 0.458 e. The molecule has 2 fully saturated rings. The SMILES string of the molecule is CO[C@H]1O[C@H](COC2O[C@H](CO[Si](c3ccccc3)(c3ccccc3)C(C)(C)C)[C@H](OC(C)=O)[C@H](OC(C)=O)[C@H]2N=[N+]=[N-])[C@@H](OCc2ccccc2)[C@H](OCc2ccccc2)[C@H]1OCc1ccccc1. The Morgan fingerprint density at radius 3 is 1.41 bits per heavy atom. The standard InChI is InChI=1S/C54H63N3O12Si/c1-37(58)66-48-45(36-65-70(54(3,4)5,42-28-18-10-19-29-42)43-30-20-11-21-31-43)68-52(46(56-57-55)49(48)67-38(2)59)64-35-44-47(61-32-39-22-12-7-13-23-39)50(62-33-40-24-14-8-15-25-40)51(53(60-6)69-44)63-34-41-26-16-9-17-27-41/h7-31,44-53H,32-36H2,1-6H3/t44-,45-,46-,47-,48+,49-,50+,51-,52?,53+/m1/s1. The monoisotopic (exact) mass is 973 g/mol. The molecule has 2 heterocycles. The molecule has 0 bridgehead atoms. The highest BCUT2D eigenvalue weighted by molar-refractivity contribution is 6.99. The van der Waals surface area contributed by atoms with E-state index in [4.69, 9.17) is 47.1 Å². The summed E-state index contributed by atoms with van der Waals surface area (Å²) in [4.78, 5) is 29.0. The van der Waals surface area contributed by atoms with Crippen molar-refractivity contribution < 1.29 is 56.6 Å². The van der Waals surface area contributed by atoms with Crippen LogP contribution in [0, 0.1) is 0 Å². The first kappa shape index (κ1) is 52.1. The lowest BCUT2D eigenvalue weighted by molar-refractivity contribution is -0.334. The summed E-state index contributed by atoms with van der Waals surface area (Å²) in [5.41, 5.74) is 12.8. The maximum absolute atomic E-state index is 12.9. The van der Waals surface area contributed by atoms with Gasteiger partial charge in [-0.1, -0.05) is 178 Å². The van der Waals surface area contributed by atoms with Crippen LogP contribution in [0.25, 0.3) is 10.4 Å². The summed E-state index contributed by atoms with van der Waals surface area (Å²) in [5.74, 6) is -1.38. The molecule has 0 spiro atoms. The van der Waals surface area contributed by atoms with Crippen LogP contribution in [0.4, 0.5) is 0 Å². The summed E-state index contributed by atoms with van der Waals surface area (Å²) in [6.07, 6.45) is -9.42. The number of esters is 2. The van der Waals surface area contributed by atoms with Crippen LogP contribution in [-0.2, 0) is 76.5 Å². The van der Waals surface area contributed by atoms with Crippen LogP contribution < -0.4 is 10.4 Å². The van der Waals surface area contributed by atoms with Crippen LogP contribution in [0.1, 0.15) is 51.3 Å². The van der Waals surface area contributed by atoms with Gasteiger partial charge in [-0.3, -0.25) is 9.59 Å². The van der Waals surface area contributed by atoms with Gasteiger partial charge in [-0.05, 0) is 37.6 Å². The molecule has 5 aromatic carbocycles. The van der Waals surface area contributed by atoms with Crippen molar-refractivity contribution >= 4 is 30.6 Å². The van der Waals surface area contributed by atoms with Crippen molar-refractivity contribution in [3.05, 3.63) is 179 Å². The minimum absolute atomic E-state index is 0.143. The average Bonchev–Trinajstić information content (AvgIpc) is 3.36. The molecule has 0 N–H and O–H groups in total. The number of rotatable bonds is 21. The molecule has 10 atom stereocenters. The molecule has 0 amide bonds.